The van der Waals surface area contributed by atoms with Gasteiger partial charge >= 0.3 is 5.97 Å². The number of carbonyl (C=O) groups is 2. The molecule has 4 rings (SSSR count). The minimum absolute atomic E-state index is 0.0566. The minimum Gasteiger partial charge on any atom is -0.494 e. The van der Waals surface area contributed by atoms with Crippen molar-refractivity contribution in [2.45, 2.75) is 25.3 Å². The molecule has 2 aliphatic rings. The van der Waals surface area contributed by atoms with Gasteiger partial charge in [0.05, 0.1) is 18.8 Å². The van der Waals surface area contributed by atoms with Crippen LogP contribution in [0, 0.1) is 5.82 Å². The van der Waals surface area contributed by atoms with Gasteiger partial charge in [0.25, 0.3) is 5.91 Å². The van der Waals surface area contributed by atoms with Gasteiger partial charge < -0.3 is 19.9 Å². The van der Waals surface area contributed by atoms with Gasteiger partial charge in [-0.15, -0.1) is 0 Å². The highest BCUT2D eigenvalue weighted by Gasteiger charge is 2.23. The first-order valence-corrected chi connectivity index (χ1v) is 8.70. The van der Waals surface area contributed by atoms with Crippen molar-refractivity contribution in [3.8, 4) is 11.5 Å². The number of amides is 1. The number of halogens is 1. The standard InChI is InChI=1S/C20H20FNO5/c21-17-12-15-6-7-16(17)19(23)22-18(20(24)25)11-13-4-3-5-14(10-13)26-8-1-2-9-27-15/h3-7,10,12,18H,1-2,8-9,11H2,(H,22,23)(H,24,25)/t18-/m0/s1. The lowest BCUT2D eigenvalue weighted by molar-refractivity contribution is -0.139. The van der Waals surface area contributed by atoms with E-state index in [0.717, 1.165) is 18.9 Å². The fraction of sp³-hybridized carbons (Fsp3) is 0.300. The second kappa shape index (κ2) is 8.53. The average Bonchev–Trinajstić information content (AvgIpc) is 2.63. The lowest BCUT2D eigenvalue weighted by Crippen LogP contribution is -2.42. The molecule has 27 heavy (non-hydrogen) atoms. The van der Waals surface area contributed by atoms with Crippen molar-refractivity contribution in [3.63, 3.8) is 0 Å². The SMILES string of the molecule is O=C1N[C@H](C(=O)O)Cc2cccc(c2)OCCCCOc2ccc1c(F)c2. The Balaban J connectivity index is 1.88. The first-order chi connectivity index (χ1) is 13.0. The summed E-state index contributed by atoms with van der Waals surface area (Å²) < 4.78 is 25.4. The van der Waals surface area contributed by atoms with E-state index >= 15 is 0 Å². The van der Waals surface area contributed by atoms with Crippen LogP contribution >= 0.6 is 0 Å². The van der Waals surface area contributed by atoms with Gasteiger partial charge in [-0.3, -0.25) is 4.79 Å². The first-order valence-electron chi connectivity index (χ1n) is 8.70. The summed E-state index contributed by atoms with van der Waals surface area (Å²) in [6.45, 7) is 0.884. The lowest BCUT2D eigenvalue weighted by atomic mass is 10.0. The number of nitrogens with one attached hydrogen (secondary N) is 1. The normalized spacial score (nSPS) is 18.0. The summed E-state index contributed by atoms with van der Waals surface area (Å²) >= 11 is 0. The molecule has 0 saturated heterocycles. The zero-order valence-electron chi connectivity index (χ0n) is 14.6. The van der Waals surface area contributed by atoms with Crippen LogP contribution in [0.1, 0.15) is 28.8 Å². The van der Waals surface area contributed by atoms with Gasteiger partial charge in [-0.25, -0.2) is 9.18 Å². The highest BCUT2D eigenvalue weighted by molar-refractivity contribution is 5.97. The summed E-state index contributed by atoms with van der Waals surface area (Å²) in [6.07, 6.45) is 1.54. The number of rotatable bonds is 1. The Morgan fingerprint density at radius 3 is 2.44 bits per heavy atom. The van der Waals surface area contributed by atoms with E-state index in [0.29, 0.717) is 30.3 Å². The largest absolute Gasteiger partial charge is 0.494 e. The summed E-state index contributed by atoms with van der Waals surface area (Å²) in [6, 6.07) is 9.77. The molecule has 0 saturated carbocycles. The molecular weight excluding hydrogens is 353 g/mol. The summed E-state index contributed by atoms with van der Waals surface area (Å²) in [5.41, 5.74) is 0.471. The van der Waals surface area contributed by atoms with E-state index in [-0.39, 0.29) is 12.0 Å². The Kier molecular flexibility index (Phi) is 5.90. The van der Waals surface area contributed by atoms with Gasteiger partial charge in [-0.2, -0.15) is 0 Å². The van der Waals surface area contributed by atoms with Crippen molar-refractivity contribution < 1.29 is 28.6 Å². The van der Waals surface area contributed by atoms with E-state index in [1.54, 1.807) is 24.3 Å². The third-order valence-corrected chi connectivity index (χ3v) is 4.20. The fourth-order valence-corrected chi connectivity index (χ4v) is 2.79. The van der Waals surface area contributed by atoms with E-state index in [9.17, 15) is 19.1 Å². The number of carbonyl (C=O) groups excluding carboxylic acids is 1. The molecule has 142 valence electrons. The Morgan fingerprint density at radius 2 is 1.78 bits per heavy atom. The molecule has 2 heterocycles. The van der Waals surface area contributed by atoms with E-state index in [1.807, 2.05) is 0 Å². The number of benzene rings is 2. The van der Waals surface area contributed by atoms with E-state index in [1.165, 1.54) is 12.1 Å². The van der Waals surface area contributed by atoms with Gasteiger partial charge in [0.2, 0.25) is 0 Å². The maximum absolute atomic E-state index is 14.3. The smallest absolute Gasteiger partial charge is 0.326 e. The molecule has 2 aromatic carbocycles. The van der Waals surface area contributed by atoms with Gasteiger partial charge in [0.15, 0.2) is 0 Å². The molecule has 2 aliphatic heterocycles. The molecule has 0 radical (unpaired) electrons. The number of hydrogen-bond acceptors (Lipinski definition) is 4. The molecule has 0 aliphatic carbocycles. The molecule has 4 bridgehead atoms. The van der Waals surface area contributed by atoms with Crippen LogP contribution in [-0.2, 0) is 11.2 Å². The highest BCUT2D eigenvalue weighted by Crippen LogP contribution is 2.19. The highest BCUT2D eigenvalue weighted by atomic mass is 19.1. The number of carboxylic acids is 1. The molecular formula is C20H20FNO5. The van der Waals surface area contributed by atoms with Crippen LogP contribution in [0.5, 0.6) is 11.5 Å². The number of aliphatic carboxylic acids is 1. The van der Waals surface area contributed by atoms with Crippen LogP contribution in [0.3, 0.4) is 0 Å². The monoisotopic (exact) mass is 373 g/mol. The number of carboxylic acid groups (broad SMARTS) is 1. The molecule has 1 amide bonds. The average molecular weight is 373 g/mol. The summed E-state index contributed by atoms with van der Waals surface area (Å²) in [5, 5.41) is 11.8. The molecule has 0 fully saturated rings. The topological polar surface area (TPSA) is 84.9 Å². The summed E-state index contributed by atoms with van der Waals surface area (Å²) in [7, 11) is 0. The molecule has 0 aromatic heterocycles. The van der Waals surface area contributed by atoms with Gasteiger partial charge in [0, 0.05) is 12.5 Å². The van der Waals surface area contributed by atoms with Crippen molar-refractivity contribution in [3.05, 3.63) is 59.4 Å². The molecule has 7 heteroatoms. The van der Waals surface area contributed by atoms with Gasteiger partial charge in [0.1, 0.15) is 23.4 Å². The quantitative estimate of drug-likeness (QED) is 0.803. The second-order valence-corrected chi connectivity index (χ2v) is 6.26. The lowest BCUT2D eigenvalue weighted by Gasteiger charge is -2.16. The zero-order chi connectivity index (χ0) is 19.2. The van der Waals surface area contributed by atoms with Crippen molar-refractivity contribution in [1.29, 1.82) is 0 Å². The Morgan fingerprint density at radius 1 is 1.07 bits per heavy atom. The van der Waals surface area contributed by atoms with E-state index < -0.39 is 23.7 Å². The third-order valence-electron chi connectivity index (χ3n) is 4.20. The maximum Gasteiger partial charge on any atom is 0.326 e. The molecule has 0 unspecified atom stereocenters. The predicted octanol–water partition coefficient (Wildman–Crippen LogP) is 2.80. The molecule has 6 nitrogen and oxygen atoms in total. The van der Waals surface area contributed by atoms with Crippen molar-refractivity contribution in [2.24, 2.45) is 0 Å². The van der Waals surface area contributed by atoms with Crippen LogP contribution in [-0.4, -0.2) is 36.2 Å². The van der Waals surface area contributed by atoms with Crippen molar-refractivity contribution >= 4 is 11.9 Å². The Labute approximate surface area is 155 Å². The van der Waals surface area contributed by atoms with Crippen LogP contribution in [0.25, 0.3) is 0 Å². The maximum atomic E-state index is 14.3. The molecule has 0 spiro atoms. The molecule has 2 N–H and O–H groups in total. The van der Waals surface area contributed by atoms with Crippen LogP contribution < -0.4 is 14.8 Å². The van der Waals surface area contributed by atoms with Crippen LogP contribution in [0.4, 0.5) is 4.39 Å². The van der Waals surface area contributed by atoms with Crippen LogP contribution in [0.2, 0.25) is 0 Å². The summed E-state index contributed by atoms with van der Waals surface area (Å²) in [4.78, 5) is 23.9. The molecule has 1 atom stereocenters. The zero-order valence-corrected chi connectivity index (χ0v) is 14.6. The minimum atomic E-state index is -1.20. The Hall–Kier alpha value is -3.09. The number of fused-ring (bicyclic) bond motifs is 10. The summed E-state index contributed by atoms with van der Waals surface area (Å²) in [5.74, 6) is -1.80. The second-order valence-electron chi connectivity index (χ2n) is 6.26. The number of hydrogen-bond donors (Lipinski definition) is 2. The van der Waals surface area contributed by atoms with Gasteiger partial charge in [-0.05, 0) is 42.7 Å². The van der Waals surface area contributed by atoms with E-state index in [2.05, 4.69) is 5.32 Å². The Bertz CT molecular complexity index is 839. The fourth-order valence-electron chi connectivity index (χ4n) is 2.79. The third kappa shape index (κ3) is 4.97. The molecule has 2 aromatic rings. The van der Waals surface area contributed by atoms with Gasteiger partial charge in [-0.1, -0.05) is 12.1 Å². The number of ether oxygens (including phenoxy) is 2. The first kappa shape index (κ1) is 18.7. The predicted molar refractivity (Wildman–Crippen MR) is 95.7 cm³/mol. The van der Waals surface area contributed by atoms with Crippen molar-refractivity contribution in [1.82, 2.24) is 5.32 Å². The van der Waals surface area contributed by atoms with E-state index in [4.69, 9.17) is 9.47 Å². The van der Waals surface area contributed by atoms with Crippen molar-refractivity contribution in [2.75, 3.05) is 13.2 Å². The van der Waals surface area contributed by atoms with Crippen LogP contribution in [0.15, 0.2) is 42.5 Å².